The maximum Gasteiger partial charge on any atom is 0.272 e. The molecule has 2 fully saturated rings. The van der Waals surface area contributed by atoms with Crippen LogP contribution in [0.4, 0.5) is 0 Å². The summed E-state index contributed by atoms with van der Waals surface area (Å²) >= 11 is 0. The third-order valence-corrected chi connectivity index (χ3v) is 5.00. The summed E-state index contributed by atoms with van der Waals surface area (Å²) in [5, 5.41) is 3.09. The van der Waals surface area contributed by atoms with Gasteiger partial charge in [-0.2, -0.15) is 0 Å². The number of amides is 2. The summed E-state index contributed by atoms with van der Waals surface area (Å²) < 4.78 is 7.58. The topological polar surface area (TPSA) is 76.5 Å². The number of hydrogen-bond donors (Lipinski definition) is 1. The number of morpholine rings is 1. The molecule has 2 aliphatic rings. The molecule has 1 aliphatic carbocycles. The van der Waals surface area contributed by atoms with Crippen LogP contribution in [0.15, 0.2) is 12.5 Å². The van der Waals surface area contributed by atoms with E-state index in [9.17, 15) is 9.59 Å². The summed E-state index contributed by atoms with van der Waals surface area (Å²) in [5.41, 5.74) is -0.439. The van der Waals surface area contributed by atoms with E-state index in [1.54, 1.807) is 24.3 Å². The van der Waals surface area contributed by atoms with Gasteiger partial charge in [-0.15, -0.1) is 0 Å². The fourth-order valence-corrected chi connectivity index (χ4v) is 3.50. The Kier molecular flexibility index (Phi) is 4.89. The van der Waals surface area contributed by atoms with Crippen LogP contribution < -0.4 is 5.32 Å². The van der Waals surface area contributed by atoms with E-state index in [2.05, 4.69) is 10.3 Å². The zero-order valence-corrected chi connectivity index (χ0v) is 14.5. The highest BCUT2D eigenvalue weighted by molar-refractivity contribution is 5.93. The van der Waals surface area contributed by atoms with Gasteiger partial charge in [0.25, 0.3) is 11.8 Å². The fraction of sp³-hybridized carbons (Fsp3) is 0.706. The van der Waals surface area contributed by atoms with Crippen molar-refractivity contribution in [2.45, 2.75) is 57.7 Å². The maximum absolute atomic E-state index is 12.8. The minimum absolute atomic E-state index is 0.0995. The van der Waals surface area contributed by atoms with Crippen molar-refractivity contribution >= 4 is 11.8 Å². The first kappa shape index (κ1) is 17.0. The van der Waals surface area contributed by atoms with E-state index in [0.717, 1.165) is 25.7 Å². The largest absolute Gasteiger partial charge is 0.362 e. The van der Waals surface area contributed by atoms with E-state index >= 15 is 0 Å². The molecule has 1 saturated heterocycles. The standard InChI is InChI=1S/C17H26N4O3/c1-3-20-12-18-10-14(20)15(22)21-8-9-24-17(2,11-21)16(23)19-13-6-4-5-7-13/h10,12-13H,3-9,11H2,1-2H3,(H,19,23)/t17-/m0/s1. The molecule has 1 aromatic heterocycles. The summed E-state index contributed by atoms with van der Waals surface area (Å²) in [5.74, 6) is -0.214. The zero-order valence-electron chi connectivity index (χ0n) is 14.5. The van der Waals surface area contributed by atoms with Gasteiger partial charge >= 0.3 is 0 Å². The molecule has 132 valence electrons. The fourth-order valence-electron chi connectivity index (χ4n) is 3.50. The van der Waals surface area contributed by atoms with Crippen LogP contribution in [0.5, 0.6) is 0 Å². The highest BCUT2D eigenvalue weighted by Crippen LogP contribution is 2.23. The minimum atomic E-state index is -0.992. The lowest BCUT2D eigenvalue weighted by Crippen LogP contribution is -2.60. The number of rotatable bonds is 4. The van der Waals surface area contributed by atoms with Gasteiger partial charge in [-0.1, -0.05) is 12.8 Å². The van der Waals surface area contributed by atoms with Crippen LogP contribution in [0.1, 0.15) is 50.0 Å². The zero-order chi connectivity index (χ0) is 17.2. The molecular weight excluding hydrogens is 308 g/mol. The normalized spacial score (nSPS) is 25.0. The summed E-state index contributed by atoms with van der Waals surface area (Å²) in [4.78, 5) is 31.2. The number of aromatic nitrogens is 2. The number of nitrogens with zero attached hydrogens (tertiary/aromatic N) is 3. The maximum atomic E-state index is 12.8. The average molecular weight is 334 g/mol. The molecule has 2 amide bonds. The lowest BCUT2D eigenvalue weighted by Gasteiger charge is -2.39. The smallest absolute Gasteiger partial charge is 0.272 e. The Hall–Kier alpha value is -1.89. The Bertz CT molecular complexity index is 609. The first-order chi connectivity index (χ1) is 11.5. The van der Waals surface area contributed by atoms with Crippen molar-refractivity contribution in [2.24, 2.45) is 0 Å². The van der Waals surface area contributed by atoms with E-state index < -0.39 is 5.60 Å². The SMILES string of the molecule is CCn1cncc1C(=O)N1CCO[C@](C)(C(=O)NC2CCCC2)C1. The van der Waals surface area contributed by atoms with Crippen molar-refractivity contribution in [3.05, 3.63) is 18.2 Å². The van der Waals surface area contributed by atoms with E-state index in [0.29, 0.717) is 25.4 Å². The Balaban J connectivity index is 1.68. The quantitative estimate of drug-likeness (QED) is 0.897. The molecule has 0 radical (unpaired) electrons. The Morgan fingerprint density at radius 3 is 2.88 bits per heavy atom. The predicted molar refractivity (Wildman–Crippen MR) is 88.6 cm³/mol. The Labute approximate surface area is 142 Å². The van der Waals surface area contributed by atoms with E-state index in [-0.39, 0.29) is 24.4 Å². The van der Waals surface area contributed by atoms with Gasteiger partial charge in [0.05, 0.1) is 25.7 Å². The second-order valence-corrected chi connectivity index (χ2v) is 6.83. The molecule has 7 heteroatoms. The molecule has 0 unspecified atom stereocenters. The van der Waals surface area contributed by atoms with Crippen molar-refractivity contribution in [3.8, 4) is 0 Å². The van der Waals surface area contributed by atoms with Gasteiger partial charge in [0.1, 0.15) is 5.69 Å². The monoisotopic (exact) mass is 334 g/mol. The Morgan fingerprint density at radius 1 is 1.42 bits per heavy atom. The second kappa shape index (κ2) is 6.93. The van der Waals surface area contributed by atoms with Crippen molar-refractivity contribution in [2.75, 3.05) is 19.7 Å². The molecule has 2 heterocycles. The molecule has 0 aromatic carbocycles. The molecule has 1 saturated carbocycles. The second-order valence-electron chi connectivity index (χ2n) is 6.83. The number of aryl methyl sites for hydroxylation is 1. The number of carbonyl (C=O) groups is 2. The van der Waals surface area contributed by atoms with Gasteiger partial charge in [-0.25, -0.2) is 4.98 Å². The molecule has 3 rings (SSSR count). The van der Waals surface area contributed by atoms with Crippen LogP contribution in [-0.4, -0.2) is 57.6 Å². The average Bonchev–Trinajstić information content (AvgIpc) is 3.25. The molecule has 0 spiro atoms. The van der Waals surface area contributed by atoms with Crippen LogP contribution in [0.2, 0.25) is 0 Å². The number of nitrogens with one attached hydrogen (secondary N) is 1. The van der Waals surface area contributed by atoms with E-state index in [4.69, 9.17) is 4.74 Å². The number of imidazole rings is 1. The van der Waals surface area contributed by atoms with Gasteiger partial charge in [0, 0.05) is 19.1 Å². The van der Waals surface area contributed by atoms with Gasteiger partial charge in [0.2, 0.25) is 0 Å². The molecule has 1 aliphatic heterocycles. The number of carbonyl (C=O) groups excluding carboxylic acids is 2. The predicted octanol–water partition coefficient (Wildman–Crippen LogP) is 1.19. The van der Waals surface area contributed by atoms with Crippen LogP contribution in [0, 0.1) is 0 Å². The van der Waals surface area contributed by atoms with Gasteiger partial charge < -0.3 is 19.5 Å². The number of ether oxygens (including phenoxy) is 1. The lowest BCUT2D eigenvalue weighted by atomic mass is 10.0. The van der Waals surface area contributed by atoms with Crippen molar-refractivity contribution in [1.29, 1.82) is 0 Å². The van der Waals surface area contributed by atoms with Crippen LogP contribution in [0.25, 0.3) is 0 Å². The minimum Gasteiger partial charge on any atom is -0.362 e. The van der Waals surface area contributed by atoms with Crippen LogP contribution in [-0.2, 0) is 16.1 Å². The molecule has 7 nitrogen and oxygen atoms in total. The molecule has 24 heavy (non-hydrogen) atoms. The van der Waals surface area contributed by atoms with Crippen LogP contribution >= 0.6 is 0 Å². The third-order valence-electron chi connectivity index (χ3n) is 5.00. The highest BCUT2D eigenvalue weighted by Gasteiger charge is 2.42. The third kappa shape index (κ3) is 3.31. The van der Waals surface area contributed by atoms with Gasteiger partial charge in [-0.3, -0.25) is 9.59 Å². The Morgan fingerprint density at radius 2 is 2.17 bits per heavy atom. The highest BCUT2D eigenvalue weighted by atomic mass is 16.5. The molecule has 0 bridgehead atoms. The van der Waals surface area contributed by atoms with Crippen LogP contribution in [0.3, 0.4) is 0 Å². The number of hydrogen-bond acceptors (Lipinski definition) is 4. The molecular formula is C17H26N4O3. The first-order valence-electron chi connectivity index (χ1n) is 8.78. The summed E-state index contributed by atoms with van der Waals surface area (Å²) in [6.45, 7) is 5.54. The molecule has 1 N–H and O–H groups in total. The van der Waals surface area contributed by atoms with E-state index in [1.807, 2.05) is 11.5 Å². The van der Waals surface area contributed by atoms with Gasteiger partial charge in [0.15, 0.2) is 5.60 Å². The summed E-state index contributed by atoms with van der Waals surface area (Å²) in [6.07, 6.45) is 7.61. The first-order valence-corrected chi connectivity index (χ1v) is 8.78. The van der Waals surface area contributed by atoms with E-state index in [1.165, 1.54) is 0 Å². The van der Waals surface area contributed by atoms with Gasteiger partial charge in [-0.05, 0) is 26.7 Å². The molecule has 1 aromatic rings. The molecule has 1 atom stereocenters. The van der Waals surface area contributed by atoms with Crippen molar-refractivity contribution < 1.29 is 14.3 Å². The lowest BCUT2D eigenvalue weighted by molar-refractivity contribution is -0.154. The van der Waals surface area contributed by atoms with Crippen molar-refractivity contribution in [3.63, 3.8) is 0 Å². The van der Waals surface area contributed by atoms with Crippen molar-refractivity contribution in [1.82, 2.24) is 19.8 Å². The summed E-state index contributed by atoms with van der Waals surface area (Å²) in [7, 11) is 0. The summed E-state index contributed by atoms with van der Waals surface area (Å²) in [6, 6.07) is 0.241.